The molecule has 0 heterocycles. The second kappa shape index (κ2) is 21.9. The number of carbonyl (C=O) groups is 1. The highest BCUT2D eigenvalue weighted by Crippen LogP contribution is 2.12. The van der Waals surface area contributed by atoms with Crippen LogP contribution in [0.4, 0.5) is 0 Å². The van der Waals surface area contributed by atoms with Gasteiger partial charge in [0.1, 0.15) is 12.2 Å². The summed E-state index contributed by atoms with van der Waals surface area (Å²) in [6, 6.07) is -0.990. The van der Waals surface area contributed by atoms with E-state index in [1.165, 1.54) is 51.4 Å². The zero-order valence-corrected chi connectivity index (χ0v) is 20.7. The minimum Gasteiger partial charge on any atom is -0.394 e. The minimum absolute atomic E-state index is 0.363. The van der Waals surface area contributed by atoms with Crippen LogP contribution < -0.4 is 5.32 Å². The van der Waals surface area contributed by atoms with Crippen LogP contribution in [0.15, 0.2) is 12.2 Å². The topological polar surface area (TPSA) is 110 Å². The summed E-state index contributed by atoms with van der Waals surface area (Å²) >= 11 is 0. The molecule has 5 N–H and O–H groups in total. The van der Waals surface area contributed by atoms with E-state index >= 15 is 0 Å². The van der Waals surface area contributed by atoms with Crippen LogP contribution in [0.2, 0.25) is 0 Å². The number of hydrogen-bond acceptors (Lipinski definition) is 5. The number of allylic oxidation sites excluding steroid dienone is 2. The Kier molecular flexibility index (Phi) is 21.2. The van der Waals surface area contributed by atoms with Crippen LogP contribution in [0.25, 0.3) is 0 Å². The monoisotopic (exact) mass is 457 g/mol. The third-order valence-electron chi connectivity index (χ3n) is 5.98. The van der Waals surface area contributed by atoms with E-state index in [1.807, 2.05) is 0 Å². The number of rotatable bonds is 22. The van der Waals surface area contributed by atoms with E-state index in [0.717, 1.165) is 38.5 Å². The lowest BCUT2D eigenvalue weighted by atomic mass is 10.00. The van der Waals surface area contributed by atoms with Crippen molar-refractivity contribution in [2.45, 2.75) is 141 Å². The zero-order valence-electron chi connectivity index (χ0n) is 20.7. The average Bonchev–Trinajstić information content (AvgIpc) is 2.79. The maximum atomic E-state index is 12.2. The summed E-state index contributed by atoms with van der Waals surface area (Å²) in [5.41, 5.74) is 0. The number of hydrogen-bond donors (Lipinski definition) is 5. The molecule has 0 saturated carbocycles. The largest absolute Gasteiger partial charge is 0.394 e. The molecule has 0 aromatic rings. The van der Waals surface area contributed by atoms with Gasteiger partial charge in [0.15, 0.2) is 0 Å². The molecule has 0 aliphatic rings. The van der Waals surface area contributed by atoms with Crippen molar-refractivity contribution in [2.75, 3.05) is 6.61 Å². The highest BCUT2D eigenvalue weighted by molar-refractivity contribution is 5.80. The molecule has 0 bridgehead atoms. The van der Waals surface area contributed by atoms with E-state index in [9.17, 15) is 25.2 Å². The van der Waals surface area contributed by atoms with Gasteiger partial charge in [0.05, 0.1) is 18.8 Å². The van der Waals surface area contributed by atoms with Gasteiger partial charge >= 0.3 is 0 Å². The average molecular weight is 458 g/mol. The van der Waals surface area contributed by atoms with Gasteiger partial charge in [0.2, 0.25) is 5.91 Å². The van der Waals surface area contributed by atoms with Gasteiger partial charge in [0.25, 0.3) is 0 Å². The van der Waals surface area contributed by atoms with E-state index in [1.54, 1.807) is 0 Å². The molecule has 32 heavy (non-hydrogen) atoms. The molecule has 4 unspecified atom stereocenters. The Hall–Kier alpha value is -0.950. The van der Waals surface area contributed by atoms with E-state index in [0.29, 0.717) is 12.8 Å². The molecular weight excluding hydrogens is 406 g/mol. The second-order valence-corrected chi connectivity index (χ2v) is 9.03. The van der Waals surface area contributed by atoms with E-state index < -0.39 is 36.9 Å². The summed E-state index contributed by atoms with van der Waals surface area (Å²) in [4.78, 5) is 12.2. The van der Waals surface area contributed by atoms with Crippen molar-refractivity contribution < 1.29 is 25.2 Å². The van der Waals surface area contributed by atoms with Gasteiger partial charge < -0.3 is 25.7 Å². The summed E-state index contributed by atoms with van der Waals surface area (Å²) < 4.78 is 0. The SMILES string of the molecule is CCCCC/C=C/CCCC(O)C(O)C(CO)NC(=O)C(O)CCCCCCCCCC. The normalized spacial score (nSPS) is 15.6. The first-order valence-corrected chi connectivity index (χ1v) is 13.1. The highest BCUT2D eigenvalue weighted by Gasteiger charge is 2.28. The second-order valence-electron chi connectivity index (χ2n) is 9.03. The number of aliphatic hydroxyl groups excluding tert-OH is 4. The standard InChI is InChI=1S/C26H51NO5/c1-3-5-7-9-11-13-15-17-19-23(29)25(31)22(21-28)27-26(32)24(30)20-18-16-14-12-10-8-6-4-2/h11,13,22-25,28-31H,3-10,12,14-21H2,1-2H3,(H,27,32)/b13-11+. The molecule has 0 fully saturated rings. The fourth-order valence-electron chi connectivity index (χ4n) is 3.75. The summed E-state index contributed by atoms with van der Waals surface area (Å²) in [5.74, 6) is -0.603. The molecule has 1 amide bonds. The Labute approximate surface area is 196 Å². The smallest absolute Gasteiger partial charge is 0.249 e. The minimum atomic E-state index is -1.27. The first-order valence-electron chi connectivity index (χ1n) is 13.1. The van der Waals surface area contributed by atoms with Gasteiger partial charge in [-0.1, -0.05) is 90.2 Å². The van der Waals surface area contributed by atoms with Crippen LogP contribution in [-0.4, -0.2) is 57.3 Å². The van der Waals surface area contributed by atoms with Gasteiger partial charge in [-0.05, 0) is 38.5 Å². The molecule has 190 valence electrons. The van der Waals surface area contributed by atoms with Gasteiger partial charge in [-0.2, -0.15) is 0 Å². The Morgan fingerprint density at radius 1 is 0.750 bits per heavy atom. The summed E-state index contributed by atoms with van der Waals surface area (Å²) in [6.45, 7) is 3.88. The van der Waals surface area contributed by atoms with Crippen LogP contribution in [-0.2, 0) is 4.79 Å². The fraction of sp³-hybridized carbons (Fsp3) is 0.885. The first-order chi connectivity index (χ1) is 15.5. The predicted molar refractivity (Wildman–Crippen MR) is 131 cm³/mol. The molecular formula is C26H51NO5. The summed E-state index contributed by atoms with van der Waals surface area (Å²) in [6.07, 6.45) is 16.8. The number of nitrogens with one attached hydrogen (secondary N) is 1. The van der Waals surface area contributed by atoms with Crippen molar-refractivity contribution >= 4 is 5.91 Å². The van der Waals surface area contributed by atoms with Crippen molar-refractivity contribution in [3.8, 4) is 0 Å². The van der Waals surface area contributed by atoms with Gasteiger partial charge in [0, 0.05) is 0 Å². The van der Waals surface area contributed by atoms with Crippen molar-refractivity contribution in [3.63, 3.8) is 0 Å². The van der Waals surface area contributed by atoms with Crippen molar-refractivity contribution in [3.05, 3.63) is 12.2 Å². The molecule has 0 radical (unpaired) electrons. The van der Waals surface area contributed by atoms with Crippen LogP contribution in [0, 0.1) is 0 Å². The van der Waals surface area contributed by atoms with Gasteiger partial charge in [-0.3, -0.25) is 4.79 Å². The summed E-state index contributed by atoms with van der Waals surface area (Å²) in [7, 11) is 0. The number of carbonyl (C=O) groups excluding carboxylic acids is 1. The third-order valence-corrected chi connectivity index (χ3v) is 5.98. The van der Waals surface area contributed by atoms with Crippen LogP contribution in [0.1, 0.15) is 117 Å². The first kappa shape index (κ1) is 31.0. The van der Waals surface area contributed by atoms with Crippen molar-refractivity contribution in [2.24, 2.45) is 0 Å². The Balaban J connectivity index is 4.07. The molecule has 0 rings (SSSR count). The highest BCUT2D eigenvalue weighted by atomic mass is 16.3. The molecule has 0 aliphatic carbocycles. The molecule has 0 aliphatic heterocycles. The molecule has 6 heteroatoms. The molecule has 0 spiro atoms. The lowest BCUT2D eigenvalue weighted by molar-refractivity contribution is -0.132. The lowest BCUT2D eigenvalue weighted by Crippen LogP contribution is -2.53. The maximum Gasteiger partial charge on any atom is 0.249 e. The predicted octanol–water partition coefficient (Wildman–Crippen LogP) is 4.38. The fourth-order valence-corrected chi connectivity index (χ4v) is 3.75. The third kappa shape index (κ3) is 16.7. The zero-order chi connectivity index (χ0) is 24.0. The van der Waals surface area contributed by atoms with Crippen LogP contribution in [0.3, 0.4) is 0 Å². The Morgan fingerprint density at radius 2 is 1.28 bits per heavy atom. The van der Waals surface area contributed by atoms with Gasteiger partial charge in [-0.25, -0.2) is 0 Å². The Bertz CT molecular complexity index is 457. The summed E-state index contributed by atoms with van der Waals surface area (Å²) in [5, 5.41) is 42.7. The van der Waals surface area contributed by atoms with Crippen LogP contribution >= 0.6 is 0 Å². The maximum absolute atomic E-state index is 12.2. The number of aliphatic hydroxyl groups is 4. The quantitative estimate of drug-likeness (QED) is 0.122. The number of unbranched alkanes of at least 4 members (excludes halogenated alkanes) is 11. The van der Waals surface area contributed by atoms with Crippen molar-refractivity contribution in [1.29, 1.82) is 0 Å². The number of amides is 1. The van der Waals surface area contributed by atoms with Gasteiger partial charge in [-0.15, -0.1) is 0 Å². The molecule has 0 saturated heterocycles. The van der Waals surface area contributed by atoms with Crippen molar-refractivity contribution in [1.82, 2.24) is 5.32 Å². The molecule has 0 aromatic heterocycles. The molecule has 0 aromatic carbocycles. The van der Waals surface area contributed by atoms with E-state index in [-0.39, 0.29) is 0 Å². The Morgan fingerprint density at radius 3 is 1.88 bits per heavy atom. The lowest BCUT2D eigenvalue weighted by Gasteiger charge is -2.27. The molecule has 6 nitrogen and oxygen atoms in total. The van der Waals surface area contributed by atoms with Crippen LogP contribution in [0.5, 0.6) is 0 Å². The molecule has 4 atom stereocenters. The van der Waals surface area contributed by atoms with E-state index in [4.69, 9.17) is 0 Å². The van der Waals surface area contributed by atoms with E-state index in [2.05, 4.69) is 31.3 Å².